The predicted octanol–water partition coefficient (Wildman–Crippen LogP) is 7.34. The molecule has 20 nitrogen and oxygen atoms in total. The van der Waals surface area contributed by atoms with Crippen molar-refractivity contribution in [3.8, 4) is 50.5 Å². The number of hydrogen-bond acceptors (Lipinski definition) is 15. The van der Waals surface area contributed by atoms with Gasteiger partial charge >= 0.3 is 0 Å². The lowest BCUT2D eigenvalue weighted by Gasteiger charge is -2.35. The Balaban J connectivity index is 0.792. The van der Waals surface area contributed by atoms with Crippen molar-refractivity contribution in [1.82, 2.24) is 50.4 Å². The van der Waals surface area contributed by atoms with E-state index in [9.17, 15) is 41.5 Å². The molecule has 1 aliphatic rings. The van der Waals surface area contributed by atoms with E-state index in [1.54, 1.807) is 63.8 Å². The van der Waals surface area contributed by atoms with E-state index in [-0.39, 0.29) is 67.3 Å². The first-order valence-electron chi connectivity index (χ1n) is 25.0. The van der Waals surface area contributed by atoms with Gasteiger partial charge in [0.2, 0.25) is 29.5 Å². The second-order valence-corrected chi connectivity index (χ2v) is 22.4. The van der Waals surface area contributed by atoms with Crippen LogP contribution in [0.3, 0.4) is 0 Å². The third-order valence-corrected chi connectivity index (χ3v) is 15.6. The van der Waals surface area contributed by atoms with Crippen molar-refractivity contribution in [3.05, 3.63) is 137 Å². The first-order valence-corrected chi connectivity index (χ1v) is 27.4. The van der Waals surface area contributed by atoms with Crippen LogP contribution in [-0.4, -0.2) is 110 Å². The minimum Gasteiger partial charge on any atom is -0.480 e. The number of carbonyl (C=O) groups excluding carboxylic acids is 4. The van der Waals surface area contributed by atoms with E-state index < -0.39 is 67.9 Å². The summed E-state index contributed by atoms with van der Waals surface area (Å²) < 4.78 is 69.8. The van der Waals surface area contributed by atoms with Crippen LogP contribution in [0, 0.1) is 24.0 Å². The number of carbonyl (C=O) groups is 4. The molecule has 5 N–H and O–H groups in total. The number of fused-ring (bicyclic) bond motifs is 1. The number of aliphatic hydroxyl groups is 1. The van der Waals surface area contributed by atoms with E-state index in [4.69, 9.17) is 9.15 Å². The summed E-state index contributed by atoms with van der Waals surface area (Å²) in [6.45, 7) is 7.78. The fraction of sp³-hybridized carbons (Fsp3) is 0.291. The molecule has 410 valence electrons. The molecule has 0 radical (unpaired) electrons. The number of rotatable bonds is 19. The minimum atomic E-state index is -4.54. The maximum atomic E-state index is 14.5. The lowest BCUT2D eigenvalue weighted by molar-refractivity contribution is -0.144. The summed E-state index contributed by atoms with van der Waals surface area (Å²) in [6.07, 6.45) is 4.64. The maximum Gasteiger partial charge on any atom is 0.266 e. The van der Waals surface area contributed by atoms with Gasteiger partial charge in [-0.25, -0.2) is 32.2 Å². The van der Waals surface area contributed by atoms with Crippen molar-refractivity contribution >= 4 is 56.3 Å². The zero-order chi connectivity index (χ0) is 56.2. The summed E-state index contributed by atoms with van der Waals surface area (Å²) in [4.78, 5) is 69.4. The first kappa shape index (κ1) is 55.3. The normalized spacial score (nSPS) is 15.0. The smallest absolute Gasteiger partial charge is 0.266 e. The van der Waals surface area contributed by atoms with Crippen LogP contribution < -0.4 is 25.4 Å². The molecule has 24 heteroatoms. The van der Waals surface area contributed by atoms with Gasteiger partial charge in [0.1, 0.15) is 45.6 Å². The van der Waals surface area contributed by atoms with Crippen molar-refractivity contribution in [1.29, 1.82) is 0 Å². The molecule has 6 heterocycles. The molecule has 4 amide bonds. The van der Waals surface area contributed by atoms with Crippen LogP contribution in [0.1, 0.15) is 68.1 Å². The van der Waals surface area contributed by atoms with Gasteiger partial charge in [-0.2, -0.15) is 0 Å². The average Bonchev–Trinajstić information content (AvgIpc) is 4.39. The van der Waals surface area contributed by atoms with Gasteiger partial charge in [0.15, 0.2) is 0 Å². The second kappa shape index (κ2) is 23.2. The van der Waals surface area contributed by atoms with Gasteiger partial charge in [-0.1, -0.05) is 57.2 Å². The molecule has 5 aromatic heterocycles. The fourth-order valence-corrected chi connectivity index (χ4v) is 11.0. The lowest BCUT2D eigenvalue weighted by Crippen LogP contribution is -2.57. The molecule has 9 rings (SSSR count). The molecular weight excluding hydrogens is 1060 g/mol. The zero-order valence-electron chi connectivity index (χ0n) is 43.5. The van der Waals surface area contributed by atoms with E-state index >= 15 is 0 Å². The summed E-state index contributed by atoms with van der Waals surface area (Å²) in [5.41, 5.74) is 6.20. The highest BCUT2D eigenvalue weighted by Gasteiger charge is 2.44. The number of pyridine rings is 2. The third-order valence-electron chi connectivity index (χ3n) is 13.2. The van der Waals surface area contributed by atoms with Crippen LogP contribution in [0.2, 0.25) is 0 Å². The molecule has 1 fully saturated rings. The van der Waals surface area contributed by atoms with Gasteiger partial charge < -0.3 is 35.1 Å². The third kappa shape index (κ3) is 12.5. The van der Waals surface area contributed by atoms with Gasteiger partial charge in [0.05, 0.1) is 46.6 Å². The van der Waals surface area contributed by atoms with Crippen LogP contribution in [0.25, 0.3) is 50.3 Å². The quantitative estimate of drug-likeness (QED) is 0.0496. The largest absolute Gasteiger partial charge is 0.480 e. The molecular formula is C55H55F2N11O9S2. The highest BCUT2D eigenvalue weighted by molar-refractivity contribution is 7.92. The number of imidazole rings is 1. The van der Waals surface area contributed by atoms with Crippen molar-refractivity contribution in [3.63, 3.8) is 0 Å². The fourth-order valence-electron chi connectivity index (χ4n) is 9.07. The number of methoxy groups -OCH3 is 1. The number of halogens is 2. The summed E-state index contributed by atoms with van der Waals surface area (Å²) in [6, 6.07) is 19.5. The van der Waals surface area contributed by atoms with Crippen molar-refractivity contribution < 1.29 is 50.6 Å². The Kier molecular flexibility index (Phi) is 16.3. The molecule has 3 aromatic carbocycles. The van der Waals surface area contributed by atoms with Crippen molar-refractivity contribution in [2.45, 2.75) is 83.0 Å². The molecule has 0 spiro atoms. The Morgan fingerprint density at radius 3 is 2.39 bits per heavy atom. The molecule has 1 aliphatic heterocycles. The standard InChI is InChI=1S/C55H55F2N11O9S2/c1-31-47(78-30-62-31)33-15-13-32(14-16-33)25-60-50(72)42-24-37(69)29-68(42)54(73)48(55(2,3)4)63-46(70)12-8-9-21-58-49(71)38-10-6-7-11-39(38)51-64-65-53(77-51)43-27-59-45-20-17-34(28-67(43)45)35-22-41(52(76-5)61-26-35)66-79(74,75)44-19-18-36(56)23-40(44)57/h6-7,10-11,13-20,22-23,26-28,30,37,42,48,66,69H,8-9,12,21,24-25,29H2,1-5H3,(H,58,71)(H,60,72)(H,63,70)/t37-,42+,48-/m1/s1. The lowest BCUT2D eigenvalue weighted by atomic mass is 9.85. The number of nitrogens with one attached hydrogen (secondary N) is 4. The number of aryl methyl sites for hydroxylation is 1. The monoisotopic (exact) mass is 1120 g/mol. The molecule has 1 saturated heterocycles. The number of amides is 4. The Morgan fingerprint density at radius 1 is 0.899 bits per heavy atom. The minimum absolute atomic E-state index is 0.0416. The summed E-state index contributed by atoms with van der Waals surface area (Å²) in [5.74, 6) is -3.91. The van der Waals surface area contributed by atoms with Crippen LogP contribution in [0.5, 0.6) is 5.88 Å². The highest BCUT2D eigenvalue weighted by atomic mass is 32.2. The molecule has 0 bridgehead atoms. The van der Waals surface area contributed by atoms with Gasteiger partial charge in [-0.05, 0) is 78.8 Å². The van der Waals surface area contributed by atoms with Gasteiger partial charge in [0.25, 0.3) is 21.8 Å². The number of hydrogen-bond donors (Lipinski definition) is 5. The van der Waals surface area contributed by atoms with E-state index in [0.29, 0.717) is 46.9 Å². The van der Waals surface area contributed by atoms with Gasteiger partial charge in [-0.3, -0.25) is 28.3 Å². The van der Waals surface area contributed by atoms with Crippen LogP contribution >= 0.6 is 11.3 Å². The van der Waals surface area contributed by atoms with E-state index in [0.717, 1.165) is 33.8 Å². The molecule has 0 unspecified atom stereocenters. The van der Waals surface area contributed by atoms with E-state index in [2.05, 4.69) is 45.8 Å². The number of ether oxygens (including phenoxy) is 1. The van der Waals surface area contributed by atoms with Crippen molar-refractivity contribution in [2.75, 3.05) is 24.9 Å². The number of nitrogens with zero attached hydrogens (tertiary/aromatic N) is 7. The van der Waals surface area contributed by atoms with Crippen LogP contribution in [-0.2, 0) is 31.0 Å². The number of unbranched alkanes of at least 4 members (excludes halogenated alkanes) is 1. The molecule has 79 heavy (non-hydrogen) atoms. The Bertz CT molecular complexity index is 3690. The molecule has 8 aromatic rings. The van der Waals surface area contributed by atoms with E-state index in [1.165, 1.54) is 30.5 Å². The number of anilines is 1. The number of β-amino-alcohol motifs (C(OH)–C–C–N with tert-alkyl or cyclic N) is 1. The molecule has 3 atom stereocenters. The number of thiazole rings is 1. The van der Waals surface area contributed by atoms with E-state index in [1.807, 2.05) is 52.0 Å². The van der Waals surface area contributed by atoms with Crippen molar-refractivity contribution in [2.24, 2.45) is 5.41 Å². The molecule has 0 aliphatic carbocycles. The number of aliphatic hydroxyl groups excluding tert-OH is 1. The zero-order valence-corrected chi connectivity index (χ0v) is 45.1. The Morgan fingerprint density at radius 2 is 1.66 bits per heavy atom. The summed E-state index contributed by atoms with van der Waals surface area (Å²) in [7, 11) is -3.26. The first-order chi connectivity index (χ1) is 37.8. The number of sulfonamides is 1. The summed E-state index contributed by atoms with van der Waals surface area (Å²) >= 11 is 1.55. The SMILES string of the molecule is COc1ncc(-c2ccc3ncc(-c4nnc(-c5ccccc5C(=O)NCCCCC(=O)N[C@H](C(=O)N5C[C@H](O)C[C@H]5C(=O)NCc5ccc(-c6scnc6C)cc5)C(C)(C)C)o4)n3c2)cc1NS(=O)(=O)c1ccc(F)cc1F. The summed E-state index contributed by atoms with van der Waals surface area (Å²) in [5, 5.41) is 27.8. The topological polar surface area (TPSA) is 265 Å². The van der Waals surface area contributed by atoms with Gasteiger partial charge in [0, 0.05) is 62.1 Å². The van der Waals surface area contributed by atoms with Crippen LogP contribution in [0.4, 0.5) is 14.5 Å². The number of aromatic nitrogens is 6. The predicted molar refractivity (Wildman–Crippen MR) is 289 cm³/mol. The Labute approximate surface area is 456 Å². The average molecular weight is 1120 g/mol. The highest BCUT2D eigenvalue weighted by Crippen LogP contribution is 2.34. The van der Waals surface area contributed by atoms with Gasteiger partial charge in [-0.15, -0.1) is 21.5 Å². The maximum absolute atomic E-state index is 14.5. The number of likely N-dealkylation sites (tertiary alicyclic amines) is 1. The number of benzene rings is 3. The second-order valence-electron chi connectivity index (χ2n) is 19.9. The Hall–Kier alpha value is -8.48. The van der Waals surface area contributed by atoms with Crippen LogP contribution in [0.15, 0.2) is 118 Å². The molecule has 0 saturated carbocycles.